The molecule has 0 aliphatic rings. The lowest BCUT2D eigenvalue weighted by Crippen LogP contribution is -2.16. The van der Waals surface area contributed by atoms with E-state index in [1.165, 1.54) is 11.8 Å². The smallest absolute Gasteiger partial charge is 0.412 e. The summed E-state index contributed by atoms with van der Waals surface area (Å²) in [5.74, 6) is 0.155. The van der Waals surface area contributed by atoms with Gasteiger partial charge in [-0.15, -0.1) is 0 Å². The summed E-state index contributed by atoms with van der Waals surface area (Å²) in [6, 6.07) is 0. The second-order valence-corrected chi connectivity index (χ2v) is 3.74. The van der Waals surface area contributed by atoms with E-state index in [1.54, 1.807) is 13.2 Å². The molecule has 1 aromatic heterocycles. The van der Waals surface area contributed by atoms with E-state index < -0.39 is 6.09 Å². The molecule has 0 fully saturated rings. The molecule has 0 aliphatic carbocycles. The third kappa shape index (κ3) is 3.14. The molecule has 0 spiro atoms. The van der Waals surface area contributed by atoms with Crippen LogP contribution in [0.15, 0.2) is 5.16 Å². The van der Waals surface area contributed by atoms with Gasteiger partial charge in [-0.1, -0.05) is 23.4 Å². The zero-order valence-electron chi connectivity index (χ0n) is 8.78. The number of nitrogens with two attached hydrogens (primary N) is 1. The molecule has 0 aromatic carbocycles. The number of aromatic nitrogens is 2. The fourth-order valence-electron chi connectivity index (χ4n) is 0.873. The van der Waals surface area contributed by atoms with Crippen molar-refractivity contribution < 1.29 is 9.53 Å². The Morgan fingerprint density at radius 2 is 2.31 bits per heavy atom. The number of nitrogens with zero attached hydrogens (tertiary/aromatic N) is 2. The van der Waals surface area contributed by atoms with E-state index in [0.717, 1.165) is 0 Å². The molecule has 8 heteroatoms. The summed E-state index contributed by atoms with van der Waals surface area (Å²) in [5.41, 5.74) is 5.73. The van der Waals surface area contributed by atoms with Gasteiger partial charge < -0.3 is 10.5 Å². The van der Waals surface area contributed by atoms with Gasteiger partial charge >= 0.3 is 6.09 Å². The van der Waals surface area contributed by atoms with Gasteiger partial charge in [-0.25, -0.2) is 14.8 Å². The van der Waals surface area contributed by atoms with Gasteiger partial charge in [0.15, 0.2) is 16.1 Å². The average molecular weight is 263 g/mol. The lowest BCUT2D eigenvalue weighted by Gasteiger charge is -2.08. The zero-order chi connectivity index (χ0) is 12.1. The molecule has 0 unspecified atom stereocenters. The summed E-state index contributed by atoms with van der Waals surface area (Å²) in [6.07, 6.45) is 1.16. The standard InChI is InChI=1S/C8H11ClN4O2S/c1-3-15-8(14)13-6-4(10)5(9)11-7(12-6)16-2/h3,10H2,1-2H3,(H,11,12,13,14). The highest BCUT2D eigenvalue weighted by Crippen LogP contribution is 2.26. The number of thioether (sulfide) groups is 1. The zero-order valence-corrected chi connectivity index (χ0v) is 10.4. The number of hydrogen-bond acceptors (Lipinski definition) is 6. The third-order valence-corrected chi connectivity index (χ3v) is 2.39. The summed E-state index contributed by atoms with van der Waals surface area (Å²) >= 11 is 7.07. The van der Waals surface area contributed by atoms with Gasteiger partial charge in [0.2, 0.25) is 0 Å². The van der Waals surface area contributed by atoms with Crippen molar-refractivity contribution in [3.05, 3.63) is 5.15 Å². The molecule has 88 valence electrons. The predicted octanol–water partition coefficient (Wildman–Crippen LogP) is 2.00. The van der Waals surface area contributed by atoms with Gasteiger partial charge in [0.25, 0.3) is 0 Å². The molecule has 0 radical (unpaired) electrons. The predicted molar refractivity (Wildman–Crippen MR) is 63.9 cm³/mol. The van der Waals surface area contributed by atoms with Crippen LogP contribution >= 0.6 is 23.4 Å². The van der Waals surface area contributed by atoms with Gasteiger partial charge in [0.05, 0.1) is 6.61 Å². The molecule has 1 heterocycles. The molecule has 0 saturated heterocycles. The number of nitrogen functional groups attached to an aromatic ring is 1. The fourth-order valence-corrected chi connectivity index (χ4v) is 1.46. The van der Waals surface area contributed by atoms with Gasteiger partial charge in [-0.2, -0.15) is 0 Å². The van der Waals surface area contributed by atoms with Crippen LogP contribution in [-0.4, -0.2) is 28.9 Å². The second-order valence-electron chi connectivity index (χ2n) is 2.61. The number of rotatable bonds is 3. The molecule has 16 heavy (non-hydrogen) atoms. The monoisotopic (exact) mass is 262 g/mol. The van der Waals surface area contributed by atoms with Crippen LogP contribution in [0.4, 0.5) is 16.3 Å². The Kier molecular flexibility index (Phi) is 4.63. The topological polar surface area (TPSA) is 90.1 Å². The number of amides is 1. The number of carbonyl (C=O) groups is 1. The molecule has 1 amide bonds. The van der Waals surface area contributed by atoms with E-state index in [-0.39, 0.29) is 23.3 Å². The van der Waals surface area contributed by atoms with E-state index in [4.69, 9.17) is 22.1 Å². The molecule has 1 rings (SSSR count). The maximum atomic E-state index is 11.2. The summed E-state index contributed by atoms with van der Waals surface area (Å²) in [4.78, 5) is 19.1. The maximum Gasteiger partial charge on any atom is 0.412 e. The molecule has 3 N–H and O–H groups in total. The normalized spacial score (nSPS) is 9.94. The van der Waals surface area contributed by atoms with E-state index in [2.05, 4.69) is 15.3 Å². The van der Waals surface area contributed by atoms with Gasteiger partial charge in [-0.3, -0.25) is 5.32 Å². The fraction of sp³-hybridized carbons (Fsp3) is 0.375. The minimum Gasteiger partial charge on any atom is -0.450 e. The summed E-state index contributed by atoms with van der Waals surface area (Å²) in [6.45, 7) is 1.96. The third-order valence-electron chi connectivity index (χ3n) is 1.56. The first-order chi connectivity index (χ1) is 7.58. The van der Waals surface area contributed by atoms with E-state index >= 15 is 0 Å². The molecule has 0 aliphatic heterocycles. The molecule has 1 aromatic rings. The highest BCUT2D eigenvalue weighted by Gasteiger charge is 2.12. The SMILES string of the molecule is CCOC(=O)Nc1nc(SC)nc(Cl)c1N. The van der Waals surface area contributed by atoms with E-state index in [9.17, 15) is 4.79 Å². The van der Waals surface area contributed by atoms with Crippen molar-refractivity contribution in [1.29, 1.82) is 0 Å². The lowest BCUT2D eigenvalue weighted by atomic mass is 10.5. The Hall–Kier alpha value is -1.21. The first kappa shape index (κ1) is 12.9. The van der Waals surface area contributed by atoms with Crippen molar-refractivity contribution in [2.24, 2.45) is 0 Å². The van der Waals surface area contributed by atoms with Crippen LogP contribution in [0, 0.1) is 0 Å². The largest absolute Gasteiger partial charge is 0.450 e. The Morgan fingerprint density at radius 3 is 2.88 bits per heavy atom. The molecule has 0 bridgehead atoms. The van der Waals surface area contributed by atoms with Gasteiger partial charge in [-0.05, 0) is 13.2 Å². The first-order valence-electron chi connectivity index (χ1n) is 4.39. The van der Waals surface area contributed by atoms with Gasteiger partial charge in [0.1, 0.15) is 5.69 Å². The van der Waals surface area contributed by atoms with Crippen LogP contribution in [0.3, 0.4) is 0 Å². The van der Waals surface area contributed by atoms with Crippen molar-refractivity contribution >= 4 is 41.0 Å². The first-order valence-corrected chi connectivity index (χ1v) is 5.99. The quantitative estimate of drug-likeness (QED) is 0.492. The molecule has 6 nitrogen and oxygen atoms in total. The van der Waals surface area contributed by atoms with E-state index in [1.807, 2.05) is 0 Å². The van der Waals surface area contributed by atoms with Crippen LogP contribution < -0.4 is 11.1 Å². The number of carbonyl (C=O) groups excluding carboxylic acids is 1. The molecular formula is C8H11ClN4O2S. The van der Waals surface area contributed by atoms with Crippen molar-refractivity contribution in [2.75, 3.05) is 23.9 Å². The van der Waals surface area contributed by atoms with Crippen molar-refractivity contribution in [3.63, 3.8) is 0 Å². The van der Waals surface area contributed by atoms with Crippen molar-refractivity contribution in [2.45, 2.75) is 12.1 Å². The van der Waals surface area contributed by atoms with Gasteiger partial charge in [0, 0.05) is 0 Å². The number of nitrogens with one attached hydrogen (secondary N) is 1. The summed E-state index contributed by atoms with van der Waals surface area (Å²) < 4.78 is 4.70. The number of anilines is 2. The van der Waals surface area contributed by atoms with Crippen molar-refractivity contribution in [1.82, 2.24) is 9.97 Å². The summed E-state index contributed by atoms with van der Waals surface area (Å²) in [5, 5.41) is 2.92. The Bertz CT molecular complexity index is 402. The molecular weight excluding hydrogens is 252 g/mol. The van der Waals surface area contributed by atoms with Crippen molar-refractivity contribution in [3.8, 4) is 0 Å². The van der Waals surface area contributed by atoms with Crippen LogP contribution in [0.1, 0.15) is 6.92 Å². The molecule has 0 atom stereocenters. The summed E-state index contributed by atoms with van der Waals surface area (Å²) in [7, 11) is 0. The Labute approximate surface area is 102 Å². The highest BCUT2D eigenvalue weighted by atomic mass is 35.5. The number of hydrogen-bond donors (Lipinski definition) is 2. The molecule has 0 saturated carbocycles. The highest BCUT2D eigenvalue weighted by molar-refractivity contribution is 7.98. The van der Waals surface area contributed by atoms with Crippen LogP contribution in [0.5, 0.6) is 0 Å². The Morgan fingerprint density at radius 1 is 1.62 bits per heavy atom. The van der Waals surface area contributed by atoms with Crippen LogP contribution in [0.25, 0.3) is 0 Å². The minimum absolute atomic E-state index is 0.103. The van der Waals surface area contributed by atoms with Crippen LogP contribution in [-0.2, 0) is 4.74 Å². The van der Waals surface area contributed by atoms with E-state index in [0.29, 0.717) is 5.16 Å². The Balaban J connectivity index is 2.94. The lowest BCUT2D eigenvalue weighted by molar-refractivity contribution is 0.168. The number of ether oxygens (including phenoxy) is 1. The number of halogens is 1. The maximum absolute atomic E-state index is 11.2. The average Bonchev–Trinajstić information content (AvgIpc) is 2.24. The minimum atomic E-state index is -0.629. The second kappa shape index (κ2) is 5.76. The van der Waals surface area contributed by atoms with Crippen LogP contribution in [0.2, 0.25) is 5.15 Å².